The third kappa shape index (κ3) is 4.18. The van der Waals surface area contributed by atoms with Crippen LogP contribution in [-0.4, -0.2) is 24.3 Å². The van der Waals surface area contributed by atoms with Crippen molar-refractivity contribution in [3.05, 3.63) is 27.5 Å². The highest BCUT2D eigenvalue weighted by Gasteiger charge is 2.13. The van der Waals surface area contributed by atoms with Crippen LogP contribution in [0.25, 0.3) is 0 Å². The van der Waals surface area contributed by atoms with E-state index < -0.39 is 5.97 Å². The number of hydrazone groups is 1. The van der Waals surface area contributed by atoms with E-state index in [1.165, 1.54) is 25.4 Å². The first kappa shape index (κ1) is 16.2. The minimum Gasteiger partial charge on any atom is -0.493 e. The molecule has 3 N–H and O–H groups in total. The normalized spacial score (nSPS) is 10.7. The Morgan fingerprint density at radius 2 is 2.32 bits per heavy atom. The number of hydrogen-bond donors (Lipinski definition) is 2. The first-order chi connectivity index (χ1) is 10.5. The highest BCUT2D eigenvalue weighted by molar-refractivity contribution is 9.10. The summed E-state index contributed by atoms with van der Waals surface area (Å²) in [7, 11) is 1.49. The predicted octanol–water partition coefficient (Wildman–Crippen LogP) is 2.87. The van der Waals surface area contributed by atoms with Gasteiger partial charge in [0.05, 0.1) is 17.8 Å². The minimum absolute atomic E-state index is 0.327. The van der Waals surface area contributed by atoms with Gasteiger partial charge in [-0.3, -0.25) is 10.2 Å². The molecule has 2 rings (SSSR count). The molecule has 0 fully saturated rings. The Hall–Kier alpha value is -2.13. The highest BCUT2D eigenvalue weighted by Crippen LogP contribution is 2.36. The Kier molecular flexibility index (Phi) is 5.34. The Morgan fingerprint density at radius 1 is 1.55 bits per heavy atom. The summed E-state index contributed by atoms with van der Waals surface area (Å²) in [5, 5.41) is 6.37. The summed E-state index contributed by atoms with van der Waals surface area (Å²) in [5.41, 5.74) is 9.04. The average molecular weight is 385 g/mol. The van der Waals surface area contributed by atoms with Crippen LogP contribution >= 0.6 is 27.3 Å². The van der Waals surface area contributed by atoms with E-state index in [-0.39, 0.29) is 0 Å². The van der Waals surface area contributed by atoms with E-state index >= 15 is 0 Å². The number of anilines is 2. The second-order valence-corrected chi connectivity index (χ2v) is 5.79. The quantitative estimate of drug-likeness (QED) is 0.355. The van der Waals surface area contributed by atoms with Gasteiger partial charge in [0.2, 0.25) is 5.13 Å². The van der Waals surface area contributed by atoms with E-state index in [9.17, 15) is 4.79 Å². The second kappa shape index (κ2) is 7.23. The van der Waals surface area contributed by atoms with Crippen molar-refractivity contribution in [2.45, 2.75) is 6.92 Å². The van der Waals surface area contributed by atoms with E-state index in [2.05, 4.69) is 31.4 Å². The van der Waals surface area contributed by atoms with Crippen LogP contribution in [0.3, 0.4) is 0 Å². The smallest absolute Gasteiger partial charge is 0.308 e. The molecule has 0 aliphatic heterocycles. The van der Waals surface area contributed by atoms with Crippen molar-refractivity contribution in [1.29, 1.82) is 0 Å². The number of nitrogen functional groups attached to an aromatic ring is 1. The fourth-order valence-electron chi connectivity index (χ4n) is 1.56. The monoisotopic (exact) mass is 384 g/mol. The van der Waals surface area contributed by atoms with Gasteiger partial charge in [-0.2, -0.15) is 5.10 Å². The Bertz CT molecular complexity index is 717. The maximum Gasteiger partial charge on any atom is 0.308 e. The minimum atomic E-state index is -0.427. The Balaban J connectivity index is 2.17. The number of nitrogens with two attached hydrogens (primary N) is 1. The number of nitrogens with zero attached hydrogens (tertiary/aromatic N) is 2. The predicted molar refractivity (Wildman–Crippen MR) is 89.7 cm³/mol. The Labute approximate surface area is 139 Å². The fraction of sp³-hybridized carbons (Fsp3) is 0.154. The first-order valence-electron chi connectivity index (χ1n) is 6.05. The van der Waals surface area contributed by atoms with E-state index in [0.29, 0.717) is 26.9 Å². The number of carbonyl (C=O) groups is 1. The Morgan fingerprint density at radius 3 is 2.91 bits per heavy atom. The van der Waals surface area contributed by atoms with E-state index in [0.717, 1.165) is 5.56 Å². The number of thiazole rings is 1. The molecule has 2 aromatic rings. The zero-order valence-electron chi connectivity index (χ0n) is 11.8. The largest absolute Gasteiger partial charge is 0.493 e. The van der Waals surface area contributed by atoms with E-state index in [1.54, 1.807) is 23.7 Å². The van der Waals surface area contributed by atoms with Crippen molar-refractivity contribution in [2.75, 3.05) is 18.3 Å². The zero-order valence-corrected chi connectivity index (χ0v) is 14.2. The van der Waals surface area contributed by atoms with Crippen molar-refractivity contribution in [2.24, 2.45) is 5.10 Å². The van der Waals surface area contributed by atoms with Crippen LogP contribution in [0, 0.1) is 0 Å². The van der Waals surface area contributed by atoms with Gasteiger partial charge >= 0.3 is 5.97 Å². The lowest BCUT2D eigenvalue weighted by atomic mass is 10.2. The molecule has 0 aliphatic carbocycles. The molecule has 0 amide bonds. The fourth-order valence-corrected chi connectivity index (χ4v) is 2.65. The van der Waals surface area contributed by atoms with Gasteiger partial charge in [-0.15, -0.1) is 11.3 Å². The van der Waals surface area contributed by atoms with Crippen molar-refractivity contribution in [3.63, 3.8) is 0 Å². The topological polar surface area (TPSA) is 98.8 Å². The molecule has 0 spiro atoms. The third-order valence-electron chi connectivity index (χ3n) is 2.39. The third-order valence-corrected chi connectivity index (χ3v) is 3.75. The van der Waals surface area contributed by atoms with E-state index in [4.69, 9.17) is 15.2 Å². The second-order valence-electron chi connectivity index (χ2n) is 4.08. The van der Waals surface area contributed by atoms with Gasteiger partial charge in [-0.05, 0) is 33.6 Å². The summed E-state index contributed by atoms with van der Waals surface area (Å²) >= 11 is 4.69. The van der Waals surface area contributed by atoms with Gasteiger partial charge in [0.25, 0.3) is 0 Å². The van der Waals surface area contributed by atoms with Gasteiger partial charge in [0, 0.05) is 12.3 Å². The molecule has 0 aliphatic rings. The van der Waals surface area contributed by atoms with Gasteiger partial charge in [-0.1, -0.05) is 0 Å². The van der Waals surface area contributed by atoms with Gasteiger partial charge in [0.1, 0.15) is 5.82 Å². The molecule has 0 radical (unpaired) electrons. The number of aromatic nitrogens is 1. The molecule has 1 heterocycles. The lowest BCUT2D eigenvalue weighted by Gasteiger charge is -2.10. The number of carbonyl (C=O) groups excluding carboxylic acids is 1. The van der Waals surface area contributed by atoms with Crippen molar-refractivity contribution < 1.29 is 14.3 Å². The van der Waals surface area contributed by atoms with Crippen LogP contribution in [-0.2, 0) is 4.79 Å². The number of benzene rings is 1. The summed E-state index contributed by atoms with van der Waals surface area (Å²) in [6.45, 7) is 1.32. The molecule has 7 nitrogen and oxygen atoms in total. The maximum atomic E-state index is 11.1. The lowest BCUT2D eigenvalue weighted by Crippen LogP contribution is -2.04. The summed E-state index contributed by atoms with van der Waals surface area (Å²) in [4.78, 5) is 15.1. The first-order valence-corrected chi connectivity index (χ1v) is 7.73. The molecule has 1 aromatic heterocycles. The van der Waals surface area contributed by atoms with Crippen LogP contribution in [0.15, 0.2) is 27.1 Å². The van der Waals surface area contributed by atoms with Gasteiger partial charge < -0.3 is 15.2 Å². The summed E-state index contributed by atoms with van der Waals surface area (Å²) < 4.78 is 10.9. The summed E-state index contributed by atoms with van der Waals surface area (Å²) in [5.74, 6) is 0.763. The van der Waals surface area contributed by atoms with Crippen LogP contribution in [0.4, 0.5) is 10.9 Å². The molecule has 9 heteroatoms. The molecule has 0 atom stereocenters. The number of esters is 1. The summed E-state index contributed by atoms with van der Waals surface area (Å²) in [6, 6.07) is 3.45. The average Bonchev–Trinajstić information content (AvgIpc) is 2.86. The molecule has 0 unspecified atom stereocenters. The number of methoxy groups -OCH3 is 1. The number of rotatable bonds is 5. The number of hydrogen-bond acceptors (Lipinski definition) is 8. The number of halogens is 1. The van der Waals surface area contributed by atoms with E-state index in [1.807, 2.05) is 0 Å². The van der Waals surface area contributed by atoms with Crippen LogP contribution in [0.2, 0.25) is 0 Å². The van der Waals surface area contributed by atoms with Crippen LogP contribution < -0.4 is 20.6 Å². The zero-order chi connectivity index (χ0) is 16.1. The molecule has 116 valence electrons. The van der Waals surface area contributed by atoms with Crippen molar-refractivity contribution in [1.82, 2.24) is 4.98 Å². The molecule has 1 aromatic carbocycles. The SMILES string of the molecule is COc1cc(C=NNc2nc(N)cs2)cc(Br)c1OC(C)=O. The number of ether oxygens (including phenoxy) is 2. The molecule has 0 bridgehead atoms. The van der Waals surface area contributed by atoms with Gasteiger partial charge in [0.15, 0.2) is 11.5 Å². The lowest BCUT2D eigenvalue weighted by molar-refractivity contribution is -0.132. The van der Waals surface area contributed by atoms with Crippen LogP contribution in [0.5, 0.6) is 11.5 Å². The van der Waals surface area contributed by atoms with Gasteiger partial charge in [-0.25, -0.2) is 4.98 Å². The standard InChI is InChI=1S/C13H13BrN4O3S/c1-7(19)21-12-9(14)3-8(4-10(12)20-2)5-16-18-13-17-11(15)6-22-13/h3-6H,15H2,1-2H3,(H,17,18). The molecular formula is C13H13BrN4O3S. The molecular weight excluding hydrogens is 372 g/mol. The molecule has 0 saturated heterocycles. The molecule has 22 heavy (non-hydrogen) atoms. The summed E-state index contributed by atoms with van der Waals surface area (Å²) in [6.07, 6.45) is 1.59. The van der Waals surface area contributed by atoms with Crippen molar-refractivity contribution >= 4 is 50.4 Å². The number of nitrogens with one attached hydrogen (secondary N) is 1. The van der Waals surface area contributed by atoms with Crippen LogP contribution in [0.1, 0.15) is 12.5 Å². The maximum absolute atomic E-state index is 11.1. The highest BCUT2D eigenvalue weighted by atomic mass is 79.9. The molecule has 0 saturated carbocycles. The van der Waals surface area contributed by atoms with Crippen molar-refractivity contribution in [3.8, 4) is 11.5 Å².